The van der Waals surface area contributed by atoms with Gasteiger partial charge in [-0.1, -0.05) is 83.5 Å². The number of carbonyl (C=O) groups excluding carboxylic acids is 1. The highest BCUT2D eigenvalue weighted by molar-refractivity contribution is 7.98. The second kappa shape index (κ2) is 13.6. The third-order valence-electron chi connectivity index (χ3n) is 7.85. The number of hydrogen-bond donors (Lipinski definition) is 2. The first-order chi connectivity index (χ1) is 22.2. The number of anilines is 2. The van der Waals surface area contributed by atoms with Crippen LogP contribution in [0.3, 0.4) is 0 Å². The van der Waals surface area contributed by atoms with Gasteiger partial charge in [0, 0.05) is 32.7 Å². The minimum Gasteiger partial charge on any atom is -0.489 e. The maximum absolute atomic E-state index is 14.3. The van der Waals surface area contributed by atoms with E-state index >= 15 is 0 Å². The molecule has 0 bridgehead atoms. The van der Waals surface area contributed by atoms with Crippen LogP contribution < -0.4 is 15.4 Å². The molecule has 1 unspecified atom stereocenters. The van der Waals surface area contributed by atoms with Gasteiger partial charge in [-0.25, -0.2) is 9.07 Å². The van der Waals surface area contributed by atoms with E-state index < -0.39 is 6.04 Å². The number of aryl methyl sites for hydroxylation is 1. The molecule has 0 saturated carbocycles. The van der Waals surface area contributed by atoms with E-state index in [4.69, 9.17) is 33.0 Å². The summed E-state index contributed by atoms with van der Waals surface area (Å²) in [5.74, 6) is 0.934. The second-order valence-electron chi connectivity index (χ2n) is 10.9. The van der Waals surface area contributed by atoms with Gasteiger partial charge < -0.3 is 15.4 Å². The zero-order valence-corrected chi connectivity index (χ0v) is 27.6. The summed E-state index contributed by atoms with van der Waals surface area (Å²) >= 11 is 13.7. The fourth-order valence-corrected chi connectivity index (χ4v) is 6.45. The minimum atomic E-state index is -0.601. The third-order valence-corrected chi connectivity index (χ3v) is 9.32. The van der Waals surface area contributed by atoms with Crippen LogP contribution in [0.4, 0.5) is 16.0 Å². The Balaban J connectivity index is 1.31. The lowest BCUT2D eigenvalue weighted by molar-refractivity contribution is -0.113. The number of carbonyl (C=O) groups is 1. The van der Waals surface area contributed by atoms with Gasteiger partial charge in [0.15, 0.2) is 0 Å². The molecule has 0 radical (unpaired) electrons. The number of fused-ring (bicyclic) bond motifs is 1. The Morgan fingerprint density at radius 2 is 1.78 bits per heavy atom. The van der Waals surface area contributed by atoms with Crippen LogP contribution in [0, 0.1) is 19.7 Å². The van der Waals surface area contributed by atoms with E-state index in [9.17, 15) is 9.18 Å². The monoisotopic (exact) mass is 673 g/mol. The number of hydrogen-bond acceptors (Lipinski definition) is 6. The van der Waals surface area contributed by atoms with Crippen LogP contribution in [0.5, 0.6) is 5.75 Å². The molecule has 1 aliphatic rings. The highest BCUT2D eigenvalue weighted by Gasteiger charge is 2.34. The van der Waals surface area contributed by atoms with Gasteiger partial charge in [-0.2, -0.15) is 4.98 Å². The Labute approximate surface area is 280 Å². The van der Waals surface area contributed by atoms with Crippen LogP contribution in [0.15, 0.2) is 101 Å². The number of allylic oxidation sites excluding steroid dienone is 1. The standard InChI is InChI=1S/C35H30Cl2FN5O2S/c1-20-7-6-10-30(21(20)2)40-33(44)31-22(3)39-34-41-35(46-19-25-8-4-5-9-29(25)38)42-43(34)32(31)23-12-15-27(16-13-23)45-18-24-11-14-26(36)17-28(24)37/h4-17,32H,18-19H2,1-3H3,(H,40,44)(H,39,41,42). The zero-order chi connectivity index (χ0) is 32.4. The van der Waals surface area contributed by atoms with E-state index in [-0.39, 0.29) is 18.3 Å². The molecule has 2 N–H and O–H groups in total. The van der Waals surface area contributed by atoms with Crippen molar-refractivity contribution in [1.82, 2.24) is 14.8 Å². The molecular weight excluding hydrogens is 644 g/mol. The van der Waals surface area contributed by atoms with Gasteiger partial charge in [0.05, 0.1) is 5.57 Å². The average molecular weight is 675 g/mol. The van der Waals surface area contributed by atoms with E-state index in [1.165, 1.54) is 17.8 Å². The lowest BCUT2D eigenvalue weighted by Crippen LogP contribution is -2.31. The Bertz CT molecular complexity index is 1960. The molecule has 6 rings (SSSR count). The highest BCUT2D eigenvalue weighted by atomic mass is 35.5. The topological polar surface area (TPSA) is 81.1 Å². The van der Waals surface area contributed by atoms with Gasteiger partial charge in [-0.15, -0.1) is 5.10 Å². The van der Waals surface area contributed by atoms with Crippen molar-refractivity contribution in [2.24, 2.45) is 0 Å². The fraction of sp³-hybridized carbons (Fsp3) is 0.171. The summed E-state index contributed by atoms with van der Waals surface area (Å²) in [6, 6.07) is 24.6. The number of ether oxygens (including phenoxy) is 1. The minimum absolute atomic E-state index is 0.261. The van der Waals surface area contributed by atoms with E-state index in [1.54, 1.807) is 35.0 Å². The lowest BCUT2D eigenvalue weighted by Gasteiger charge is -2.29. The molecular formula is C35H30Cl2FN5O2S. The molecule has 2 heterocycles. The quantitative estimate of drug-likeness (QED) is 0.152. The van der Waals surface area contributed by atoms with Crippen LogP contribution in [-0.2, 0) is 17.2 Å². The molecule has 1 aliphatic heterocycles. The number of thioether (sulfide) groups is 1. The first-order valence-electron chi connectivity index (χ1n) is 14.5. The largest absolute Gasteiger partial charge is 0.489 e. The van der Waals surface area contributed by atoms with Gasteiger partial charge in [0.1, 0.15) is 24.2 Å². The number of nitrogens with one attached hydrogen (secondary N) is 2. The summed E-state index contributed by atoms with van der Waals surface area (Å²) in [6.07, 6.45) is 0. The summed E-state index contributed by atoms with van der Waals surface area (Å²) in [5, 5.41) is 12.7. The van der Waals surface area contributed by atoms with E-state index in [1.807, 2.05) is 69.3 Å². The molecule has 1 atom stereocenters. The predicted molar refractivity (Wildman–Crippen MR) is 182 cm³/mol. The molecule has 46 heavy (non-hydrogen) atoms. The summed E-state index contributed by atoms with van der Waals surface area (Å²) in [5.41, 5.74) is 6.12. The van der Waals surface area contributed by atoms with E-state index in [2.05, 4.69) is 15.6 Å². The average Bonchev–Trinajstić information content (AvgIpc) is 3.44. The first kappa shape index (κ1) is 31.7. The Kier molecular flexibility index (Phi) is 9.35. The van der Waals surface area contributed by atoms with Crippen molar-refractivity contribution in [2.45, 2.75) is 44.3 Å². The van der Waals surface area contributed by atoms with Crippen molar-refractivity contribution >= 4 is 52.5 Å². The number of aromatic nitrogens is 3. The normalized spacial score (nSPS) is 14.1. The van der Waals surface area contributed by atoms with Crippen molar-refractivity contribution in [2.75, 3.05) is 10.6 Å². The summed E-state index contributed by atoms with van der Waals surface area (Å²) in [7, 11) is 0. The van der Waals surface area contributed by atoms with Gasteiger partial charge in [-0.05, 0) is 79.4 Å². The smallest absolute Gasteiger partial charge is 0.255 e. The second-order valence-corrected chi connectivity index (χ2v) is 12.7. The molecule has 0 fully saturated rings. The molecule has 234 valence electrons. The number of rotatable bonds is 9. The van der Waals surface area contributed by atoms with Crippen molar-refractivity contribution in [1.29, 1.82) is 0 Å². The van der Waals surface area contributed by atoms with Crippen LogP contribution in [-0.4, -0.2) is 20.7 Å². The molecule has 4 aromatic carbocycles. The van der Waals surface area contributed by atoms with Crippen LogP contribution in [0.25, 0.3) is 0 Å². The SMILES string of the molecule is CC1=C(C(=O)Nc2cccc(C)c2C)C(c2ccc(OCc3ccc(Cl)cc3Cl)cc2)n2nc(SCc3ccccc3F)nc2N1. The summed E-state index contributed by atoms with van der Waals surface area (Å²) < 4.78 is 22.0. The molecule has 0 saturated heterocycles. The highest BCUT2D eigenvalue weighted by Crippen LogP contribution is 2.38. The fourth-order valence-electron chi connectivity index (χ4n) is 5.17. The van der Waals surface area contributed by atoms with Crippen molar-refractivity contribution in [3.63, 3.8) is 0 Å². The van der Waals surface area contributed by atoms with Gasteiger partial charge in [-0.3, -0.25) is 4.79 Å². The maximum Gasteiger partial charge on any atom is 0.255 e. The summed E-state index contributed by atoms with van der Waals surface area (Å²) in [6.45, 7) is 6.10. The number of halogens is 3. The molecule has 0 aliphatic carbocycles. The van der Waals surface area contributed by atoms with Crippen molar-refractivity contribution < 1.29 is 13.9 Å². The Hall–Kier alpha value is -4.31. The molecule has 0 spiro atoms. The number of amides is 1. The molecule has 1 aromatic heterocycles. The third kappa shape index (κ3) is 6.77. The van der Waals surface area contributed by atoms with Crippen LogP contribution >= 0.6 is 35.0 Å². The van der Waals surface area contributed by atoms with E-state index in [0.717, 1.165) is 27.9 Å². The van der Waals surface area contributed by atoms with Gasteiger partial charge in [0.2, 0.25) is 11.1 Å². The Morgan fingerprint density at radius 3 is 2.54 bits per heavy atom. The maximum atomic E-state index is 14.3. The van der Waals surface area contributed by atoms with Crippen molar-refractivity contribution in [3.05, 3.63) is 140 Å². The number of benzene rings is 4. The predicted octanol–water partition coefficient (Wildman–Crippen LogP) is 9.14. The first-order valence-corrected chi connectivity index (χ1v) is 16.3. The number of nitrogens with zero attached hydrogens (tertiary/aromatic N) is 3. The lowest BCUT2D eigenvalue weighted by atomic mass is 9.94. The molecule has 11 heteroatoms. The van der Waals surface area contributed by atoms with Crippen molar-refractivity contribution in [3.8, 4) is 5.75 Å². The van der Waals surface area contributed by atoms with Gasteiger partial charge in [0.25, 0.3) is 5.91 Å². The Morgan fingerprint density at radius 1 is 1.00 bits per heavy atom. The molecule has 5 aromatic rings. The van der Waals surface area contributed by atoms with E-state index in [0.29, 0.717) is 49.5 Å². The summed E-state index contributed by atoms with van der Waals surface area (Å²) in [4.78, 5) is 18.7. The van der Waals surface area contributed by atoms with Crippen LogP contribution in [0.2, 0.25) is 10.0 Å². The van der Waals surface area contributed by atoms with Gasteiger partial charge >= 0.3 is 0 Å². The molecule has 7 nitrogen and oxygen atoms in total. The van der Waals surface area contributed by atoms with Crippen LogP contribution in [0.1, 0.15) is 40.8 Å². The zero-order valence-electron chi connectivity index (χ0n) is 25.3. The molecule has 1 amide bonds.